The molecule has 0 radical (unpaired) electrons. The van der Waals surface area contributed by atoms with Crippen LogP contribution in [0.15, 0.2) is 42.5 Å². The molecule has 0 aliphatic rings. The van der Waals surface area contributed by atoms with Gasteiger partial charge in [-0.1, -0.05) is 35.9 Å². The van der Waals surface area contributed by atoms with Crippen molar-refractivity contribution in [2.45, 2.75) is 12.4 Å². The lowest BCUT2D eigenvalue weighted by Crippen LogP contribution is -2.04. The van der Waals surface area contributed by atoms with E-state index in [4.69, 9.17) is 23.2 Å². The van der Waals surface area contributed by atoms with E-state index in [-0.39, 0.29) is 5.82 Å². The maximum atomic E-state index is 13.6. The molecule has 94 valence electrons. The van der Waals surface area contributed by atoms with E-state index < -0.39 is 0 Å². The van der Waals surface area contributed by atoms with Crippen molar-refractivity contribution in [3.8, 4) is 0 Å². The predicted molar refractivity (Wildman–Crippen MR) is 74.7 cm³/mol. The Balaban J connectivity index is 2.16. The van der Waals surface area contributed by atoms with Gasteiger partial charge < -0.3 is 5.32 Å². The van der Waals surface area contributed by atoms with Crippen LogP contribution < -0.4 is 5.32 Å². The van der Waals surface area contributed by atoms with Gasteiger partial charge in [-0.25, -0.2) is 4.39 Å². The fourth-order valence-corrected chi connectivity index (χ4v) is 2.16. The van der Waals surface area contributed by atoms with Crippen LogP contribution in [0.1, 0.15) is 11.1 Å². The minimum absolute atomic E-state index is 0.307. The fourth-order valence-electron chi connectivity index (χ4n) is 1.69. The molecule has 0 aliphatic heterocycles. The van der Waals surface area contributed by atoms with E-state index in [0.29, 0.717) is 23.0 Å². The summed E-state index contributed by atoms with van der Waals surface area (Å²) in [4.78, 5) is 0. The standard InChI is InChI=1S/C14H12Cl2FN/c15-8-10-4-1-2-7-14(10)18-9-11-12(16)5-3-6-13(11)17/h1-7,18H,8-9H2. The largest absolute Gasteiger partial charge is 0.381 e. The van der Waals surface area contributed by atoms with Gasteiger partial charge in [0.1, 0.15) is 5.82 Å². The summed E-state index contributed by atoms with van der Waals surface area (Å²) in [5.41, 5.74) is 2.34. The number of halogens is 3. The summed E-state index contributed by atoms with van der Waals surface area (Å²) in [7, 11) is 0. The minimum atomic E-state index is -0.307. The predicted octanol–water partition coefficient (Wildman–Crippen LogP) is 4.83. The summed E-state index contributed by atoms with van der Waals surface area (Å²) < 4.78 is 13.6. The molecule has 1 nitrogen and oxygen atoms in total. The van der Waals surface area contributed by atoms with Gasteiger partial charge >= 0.3 is 0 Å². The highest BCUT2D eigenvalue weighted by Gasteiger charge is 2.07. The summed E-state index contributed by atoms with van der Waals surface area (Å²) in [6, 6.07) is 12.3. The van der Waals surface area contributed by atoms with Crippen molar-refractivity contribution in [3.05, 3.63) is 64.4 Å². The highest BCUT2D eigenvalue weighted by Crippen LogP contribution is 2.22. The second-order valence-corrected chi connectivity index (χ2v) is 4.52. The van der Waals surface area contributed by atoms with Crippen LogP contribution in [0.5, 0.6) is 0 Å². The van der Waals surface area contributed by atoms with Crippen LogP contribution >= 0.6 is 23.2 Å². The molecule has 0 saturated heterocycles. The quantitative estimate of drug-likeness (QED) is 0.793. The third-order valence-corrected chi connectivity index (χ3v) is 3.32. The Hall–Kier alpha value is -1.25. The lowest BCUT2D eigenvalue weighted by Gasteiger charge is -2.11. The Labute approximate surface area is 116 Å². The Morgan fingerprint density at radius 1 is 1.06 bits per heavy atom. The van der Waals surface area contributed by atoms with Crippen LogP contribution in [-0.4, -0.2) is 0 Å². The molecule has 0 saturated carbocycles. The van der Waals surface area contributed by atoms with Gasteiger partial charge in [0.2, 0.25) is 0 Å². The van der Waals surface area contributed by atoms with Crippen molar-refractivity contribution in [2.75, 3.05) is 5.32 Å². The number of rotatable bonds is 4. The number of alkyl halides is 1. The molecule has 0 amide bonds. The van der Waals surface area contributed by atoms with Gasteiger partial charge in [-0.2, -0.15) is 0 Å². The van der Waals surface area contributed by atoms with E-state index >= 15 is 0 Å². The van der Waals surface area contributed by atoms with E-state index in [1.54, 1.807) is 12.1 Å². The molecule has 2 rings (SSSR count). The molecule has 4 heteroatoms. The number of anilines is 1. The molecule has 0 atom stereocenters. The molecular weight excluding hydrogens is 272 g/mol. The third-order valence-electron chi connectivity index (χ3n) is 2.68. The van der Waals surface area contributed by atoms with Crippen LogP contribution in [0.4, 0.5) is 10.1 Å². The molecule has 0 aromatic heterocycles. The van der Waals surface area contributed by atoms with Gasteiger partial charge in [-0.3, -0.25) is 0 Å². The van der Waals surface area contributed by atoms with Crippen LogP contribution in [0, 0.1) is 5.82 Å². The smallest absolute Gasteiger partial charge is 0.129 e. The first-order valence-electron chi connectivity index (χ1n) is 5.53. The maximum absolute atomic E-state index is 13.6. The van der Waals surface area contributed by atoms with Crippen LogP contribution in [-0.2, 0) is 12.4 Å². The lowest BCUT2D eigenvalue weighted by molar-refractivity contribution is 0.613. The van der Waals surface area contributed by atoms with Crippen molar-refractivity contribution in [3.63, 3.8) is 0 Å². The molecule has 0 bridgehead atoms. The first-order valence-corrected chi connectivity index (χ1v) is 6.44. The zero-order chi connectivity index (χ0) is 13.0. The summed E-state index contributed by atoms with van der Waals surface area (Å²) in [6.45, 7) is 0.333. The van der Waals surface area contributed by atoms with Crippen LogP contribution in [0.25, 0.3) is 0 Å². The number of benzene rings is 2. The van der Waals surface area contributed by atoms with Crippen molar-refractivity contribution < 1.29 is 4.39 Å². The monoisotopic (exact) mass is 283 g/mol. The van der Waals surface area contributed by atoms with Gasteiger partial charge in [0.15, 0.2) is 0 Å². The number of hydrogen-bond donors (Lipinski definition) is 1. The van der Waals surface area contributed by atoms with E-state index in [1.807, 2.05) is 24.3 Å². The maximum Gasteiger partial charge on any atom is 0.129 e. The zero-order valence-electron chi connectivity index (χ0n) is 9.59. The van der Waals surface area contributed by atoms with E-state index in [9.17, 15) is 4.39 Å². The molecule has 2 aromatic rings. The molecule has 0 heterocycles. The first-order chi connectivity index (χ1) is 8.72. The molecular formula is C14H12Cl2FN. The van der Waals surface area contributed by atoms with E-state index in [2.05, 4.69) is 5.32 Å². The Morgan fingerprint density at radius 3 is 2.56 bits per heavy atom. The van der Waals surface area contributed by atoms with Gasteiger partial charge in [0.25, 0.3) is 0 Å². The average Bonchev–Trinajstić information content (AvgIpc) is 2.38. The van der Waals surface area contributed by atoms with Crippen molar-refractivity contribution >= 4 is 28.9 Å². The number of nitrogens with one attached hydrogen (secondary N) is 1. The fraction of sp³-hybridized carbons (Fsp3) is 0.143. The minimum Gasteiger partial charge on any atom is -0.381 e. The first kappa shape index (κ1) is 13.2. The SMILES string of the molecule is Fc1cccc(Cl)c1CNc1ccccc1CCl. The zero-order valence-corrected chi connectivity index (χ0v) is 11.1. The number of hydrogen-bond acceptors (Lipinski definition) is 1. The summed E-state index contributed by atoms with van der Waals surface area (Å²) in [5.74, 6) is 0.104. The summed E-state index contributed by atoms with van der Waals surface area (Å²) in [6.07, 6.45) is 0. The van der Waals surface area contributed by atoms with Gasteiger partial charge in [0.05, 0.1) is 0 Å². The van der Waals surface area contributed by atoms with Crippen LogP contribution in [0.2, 0.25) is 5.02 Å². The normalized spacial score (nSPS) is 10.4. The van der Waals surface area contributed by atoms with Gasteiger partial charge in [-0.05, 0) is 23.8 Å². The van der Waals surface area contributed by atoms with Crippen molar-refractivity contribution in [2.24, 2.45) is 0 Å². The third kappa shape index (κ3) is 2.95. The Kier molecular flexibility index (Phi) is 4.45. The van der Waals surface area contributed by atoms with Crippen molar-refractivity contribution in [1.29, 1.82) is 0 Å². The Bertz CT molecular complexity index is 523. The molecule has 1 N–H and O–H groups in total. The summed E-state index contributed by atoms with van der Waals surface area (Å²) in [5, 5.41) is 3.58. The van der Waals surface area contributed by atoms with Crippen LogP contribution in [0.3, 0.4) is 0 Å². The summed E-state index contributed by atoms with van der Waals surface area (Å²) >= 11 is 11.8. The van der Waals surface area contributed by atoms with Crippen molar-refractivity contribution in [1.82, 2.24) is 0 Å². The molecule has 0 aliphatic carbocycles. The highest BCUT2D eigenvalue weighted by atomic mass is 35.5. The topological polar surface area (TPSA) is 12.0 Å². The number of para-hydroxylation sites is 1. The Morgan fingerprint density at radius 2 is 1.83 bits per heavy atom. The highest BCUT2D eigenvalue weighted by molar-refractivity contribution is 6.31. The van der Waals surface area contributed by atoms with Gasteiger partial charge in [0, 0.05) is 28.7 Å². The second-order valence-electron chi connectivity index (χ2n) is 3.84. The molecule has 0 unspecified atom stereocenters. The average molecular weight is 284 g/mol. The molecule has 0 spiro atoms. The molecule has 18 heavy (non-hydrogen) atoms. The van der Waals surface area contributed by atoms with E-state index in [0.717, 1.165) is 11.3 Å². The molecule has 2 aromatic carbocycles. The van der Waals surface area contributed by atoms with E-state index in [1.165, 1.54) is 6.07 Å². The lowest BCUT2D eigenvalue weighted by atomic mass is 10.1. The second kappa shape index (κ2) is 6.07. The van der Waals surface area contributed by atoms with Gasteiger partial charge in [-0.15, -0.1) is 11.6 Å². The molecule has 0 fully saturated rings.